The fraction of sp³-hybridized carbons (Fsp3) is 0.429. The van der Waals surface area contributed by atoms with E-state index in [4.69, 9.17) is 32.5 Å². The van der Waals surface area contributed by atoms with Crippen LogP contribution in [0.15, 0.2) is 18.2 Å². The first-order chi connectivity index (χ1) is 9.71. The molecule has 1 fully saturated rings. The van der Waals surface area contributed by atoms with Crippen molar-refractivity contribution >= 4 is 46.6 Å². The van der Waals surface area contributed by atoms with Gasteiger partial charge in [0.25, 0.3) is 0 Å². The average Bonchev–Trinajstić information content (AvgIpc) is 2.63. The number of hydrogen-bond acceptors (Lipinski definition) is 4. The third-order valence-corrected chi connectivity index (χ3v) is 4.80. The predicted octanol–water partition coefficient (Wildman–Crippen LogP) is 3.24. The predicted molar refractivity (Wildman–Crippen MR) is 85.3 cm³/mol. The first kappa shape index (κ1) is 15.0. The van der Waals surface area contributed by atoms with Gasteiger partial charge >= 0.3 is 7.12 Å². The Hall–Kier alpha value is -0.875. The van der Waals surface area contributed by atoms with Gasteiger partial charge in [-0.2, -0.15) is 0 Å². The summed E-state index contributed by atoms with van der Waals surface area (Å²) in [5.41, 5.74) is 0.113. The number of benzene rings is 1. The molecule has 0 bridgehead atoms. The number of fused-ring (bicyclic) bond motifs is 1. The van der Waals surface area contributed by atoms with Crippen LogP contribution in [0.5, 0.6) is 0 Å². The fourth-order valence-electron chi connectivity index (χ4n) is 2.23. The third kappa shape index (κ3) is 2.42. The van der Waals surface area contributed by atoms with Gasteiger partial charge in [-0.25, -0.2) is 0 Å². The molecule has 21 heavy (non-hydrogen) atoms. The minimum atomic E-state index is -0.442. The molecule has 2 aromatic rings. The molecule has 0 radical (unpaired) electrons. The Bertz CT molecular complexity index is 705. The van der Waals surface area contributed by atoms with Crippen molar-refractivity contribution in [3.63, 3.8) is 0 Å². The minimum Gasteiger partial charge on any atom is -0.399 e. The zero-order valence-corrected chi connectivity index (χ0v) is 13.8. The van der Waals surface area contributed by atoms with Crippen LogP contribution >= 0.6 is 23.2 Å². The SMILES string of the molecule is CC1(C)OB(c2ccc3c(Cl)nnc(Cl)c3c2)OC1(C)C. The van der Waals surface area contributed by atoms with Crippen LogP contribution in [0.25, 0.3) is 10.8 Å². The summed E-state index contributed by atoms with van der Waals surface area (Å²) in [7, 11) is -0.442. The number of aromatic nitrogens is 2. The number of nitrogens with zero attached hydrogens (tertiary/aromatic N) is 2. The molecule has 0 saturated carbocycles. The Kier molecular flexibility index (Phi) is 3.45. The van der Waals surface area contributed by atoms with E-state index in [0.717, 1.165) is 16.2 Å². The molecule has 0 unspecified atom stereocenters. The number of hydrogen-bond donors (Lipinski definition) is 0. The monoisotopic (exact) mass is 324 g/mol. The van der Waals surface area contributed by atoms with Crippen LogP contribution in [0.3, 0.4) is 0 Å². The van der Waals surface area contributed by atoms with E-state index in [0.29, 0.717) is 10.3 Å². The maximum Gasteiger partial charge on any atom is 0.494 e. The Morgan fingerprint density at radius 1 is 0.905 bits per heavy atom. The van der Waals surface area contributed by atoms with Crippen LogP contribution in [0.4, 0.5) is 0 Å². The van der Waals surface area contributed by atoms with Gasteiger partial charge in [0.05, 0.1) is 11.2 Å². The molecule has 110 valence electrons. The molecule has 1 aromatic heterocycles. The summed E-state index contributed by atoms with van der Waals surface area (Å²) in [5, 5.41) is 9.78. The van der Waals surface area contributed by atoms with Crippen molar-refractivity contribution in [2.75, 3.05) is 0 Å². The van der Waals surface area contributed by atoms with E-state index >= 15 is 0 Å². The van der Waals surface area contributed by atoms with Crippen molar-refractivity contribution in [2.24, 2.45) is 0 Å². The van der Waals surface area contributed by atoms with Crippen LogP contribution in [-0.2, 0) is 9.31 Å². The van der Waals surface area contributed by atoms with Gasteiger partial charge in [-0.3, -0.25) is 0 Å². The zero-order chi connectivity index (χ0) is 15.4. The van der Waals surface area contributed by atoms with Crippen LogP contribution in [0.2, 0.25) is 10.3 Å². The highest BCUT2D eigenvalue weighted by Crippen LogP contribution is 2.37. The molecule has 4 nitrogen and oxygen atoms in total. The van der Waals surface area contributed by atoms with E-state index in [2.05, 4.69) is 10.2 Å². The highest BCUT2D eigenvalue weighted by Gasteiger charge is 2.51. The summed E-state index contributed by atoms with van der Waals surface area (Å²) in [6, 6.07) is 5.66. The second kappa shape index (κ2) is 4.81. The molecule has 0 atom stereocenters. The normalized spacial score (nSPS) is 20.2. The Labute approximate surface area is 133 Å². The van der Waals surface area contributed by atoms with Crippen LogP contribution < -0.4 is 5.46 Å². The summed E-state index contributed by atoms with van der Waals surface area (Å²) >= 11 is 12.1. The Balaban J connectivity index is 2.05. The van der Waals surface area contributed by atoms with Crippen LogP contribution in [0.1, 0.15) is 27.7 Å². The number of halogens is 2. The molecule has 1 aliphatic heterocycles. The molecule has 0 spiro atoms. The van der Waals surface area contributed by atoms with Gasteiger partial charge in [0.15, 0.2) is 10.3 Å². The zero-order valence-electron chi connectivity index (χ0n) is 12.3. The van der Waals surface area contributed by atoms with E-state index < -0.39 is 7.12 Å². The maximum absolute atomic E-state index is 6.11. The van der Waals surface area contributed by atoms with Gasteiger partial charge in [0.2, 0.25) is 0 Å². The molecule has 2 heterocycles. The van der Waals surface area contributed by atoms with Crippen molar-refractivity contribution in [3.8, 4) is 0 Å². The van der Waals surface area contributed by atoms with E-state index in [1.54, 1.807) is 0 Å². The lowest BCUT2D eigenvalue weighted by Gasteiger charge is -2.32. The second-order valence-corrected chi connectivity index (χ2v) is 6.89. The molecule has 7 heteroatoms. The van der Waals surface area contributed by atoms with E-state index in [1.807, 2.05) is 45.9 Å². The lowest BCUT2D eigenvalue weighted by molar-refractivity contribution is 0.00578. The van der Waals surface area contributed by atoms with Gasteiger partial charge in [-0.15, -0.1) is 10.2 Å². The fourth-order valence-corrected chi connectivity index (χ4v) is 2.63. The average molecular weight is 325 g/mol. The Morgan fingerprint density at radius 2 is 1.43 bits per heavy atom. The van der Waals surface area contributed by atoms with E-state index in [-0.39, 0.29) is 11.2 Å². The van der Waals surface area contributed by atoms with Gasteiger partial charge in [0.1, 0.15) is 0 Å². The lowest BCUT2D eigenvalue weighted by atomic mass is 9.78. The first-order valence-electron chi connectivity index (χ1n) is 6.68. The largest absolute Gasteiger partial charge is 0.494 e. The standard InChI is InChI=1S/C14H15BCl2N2O2/c1-13(2)14(3,4)21-15(20-13)8-5-6-9-10(7-8)12(17)19-18-11(9)16/h5-7H,1-4H3. The minimum absolute atomic E-state index is 0.313. The molecular formula is C14H15BCl2N2O2. The summed E-state index contributed by atoms with van der Waals surface area (Å²) in [5.74, 6) is 0. The molecule has 0 aliphatic carbocycles. The van der Waals surface area contributed by atoms with E-state index in [1.165, 1.54) is 0 Å². The first-order valence-corrected chi connectivity index (χ1v) is 7.44. The summed E-state index contributed by atoms with van der Waals surface area (Å²) in [6.45, 7) is 8.07. The van der Waals surface area contributed by atoms with Crippen molar-refractivity contribution in [2.45, 2.75) is 38.9 Å². The van der Waals surface area contributed by atoms with Gasteiger partial charge in [-0.05, 0) is 33.2 Å². The molecular weight excluding hydrogens is 310 g/mol. The number of rotatable bonds is 1. The maximum atomic E-state index is 6.11. The molecule has 1 aromatic carbocycles. The Morgan fingerprint density at radius 3 is 2.00 bits per heavy atom. The van der Waals surface area contributed by atoms with Gasteiger partial charge < -0.3 is 9.31 Å². The van der Waals surface area contributed by atoms with Crippen molar-refractivity contribution < 1.29 is 9.31 Å². The van der Waals surface area contributed by atoms with Crippen molar-refractivity contribution in [3.05, 3.63) is 28.5 Å². The molecule has 0 amide bonds. The van der Waals surface area contributed by atoms with Crippen LogP contribution in [0, 0.1) is 0 Å². The molecule has 1 aliphatic rings. The summed E-state index contributed by atoms with van der Waals surface area (Å²) in [6.07, 6.45) is 0. The van der Waals surface area contributed by atoms with Crippen molar-refractivity contribution in [1.29, 1.82) is 0 Å². The molecule has 0 N–H and O–H groups in total. The summed E-state index contributed by atoms with van der Waals surface area (Å²) < 4.78 is 12.1. The van der Waals surface area contributed by atoms with E-state index in [9.17, 15) is 0 Å². The molecule has 1 saturated heterocycles. The second-order valence-electron chi connectivity index (χ2n) is 6.17. The van der Waals surface area contributed by atoms with Gasteiger partial charge in [-0.1, -0.05) is 41.4 Å². The smallest absolute Gasteiger partial charge is 0.399 e. The van der Waals surface area contributed by atoms with Crippen molar-refractivity contribution in [1.82, 2.24) is 10.2 Å². The lowest BCUT2D eigenvalue weighted by Crippen LogP contribution is -2.41. The quantitative estimate of drug-likeness (QED) is 0.755. The van der Waals surface area contributed by atoms with Gasteiger partial charge in [0, 0.05) is 10.8 Å². The molecule has 3 rings (SSSR count). The summed E-state index contributed by atoms with van der Waals surface area (Å²) in [4.78, 5) is 0. The highest BCUT2D eigenvalue weighted by molar-refractivity contribution is 6.62. The third-order valence-electron chi connectivity index (χ3n) is 4.24. The topological polar surface area (TPSA) is 44.2 Å². The highest BCUT2D eigenvalue weighted by atomic mass is 35.5. The van der Waals surface area contributed by atoms with Crippen LogP contribution in [-0.4, -0.2) is 28.5 Å².